The molecule has 2 aliphatic rings. The summed E-state index contributed by atoms with van der Waals surface area (Å²) < 4.78 is 18.6. The highest BCUT2D eigenvalue weighted by molar-refractivity contribution is 5.94. The molecule has 0 spiro atoms. The maximum Gasteiger partial charge on any atom is 0.253 e. The molecule has 2 heterocycles. The second-order valence-corrected chi connectivity index (χ2v) is 7.99. The molecule has 2 fully saturated rings. The lowest BCUT2D eigenvalue weighted by Crippen LogP contribution is -2.49. The average Bonchev–Trinajstić information content (AvgIpc) is 3.27. The minimum Gasteiger partial charge on any atom is -0.497 e. The van der Waals surface area contributed by atoms with E-state index in [1.54, 1.807) is 42.3 Å². The smallest absolute Gasteiger partial charge is 0.253 e. The Morgan fingerprint density at radius 1 is 1.10 bits per heavy atom. The Morgan fingerprint density at radius 3 is 2.52 bits per heavy atom. The third kappa shape index (κ3) is 5.03. The summed E-state index contributed by atoms with van der Waals surface area (Å²) in [5.74, 6) is 0.260. The minimum absolute atomic E-state index is 0.0178. The Labute approximate surface area is 180 Å². The van der Waals surface area contributed by atoms with Gasteiger partial charge in [0.25, 0.3) is 5.91 Å². The lowest BCUT2D eigenvalue weighted by Gasteiger charge is -2.32. The van der Waals surface area contributed by atoms with Crippen LogP contribution in [0, 0.1) is 11.7 Å². The van der Waals surface area contributed by atoms with Gasteiger partial charge in [-0.3, -0.25) is 9.59 Å². The summed E-state index contributed by atoms with van der Waals surface area (Å²) in [5, 5.41) is 3.03. The number of ether oxygens (including phenoxy) is 1. The third-order valence-electron chi connectivity index (χ3n) is 5.96. The fourth-order valence-corrected chi connectivity index (χ4v) is 4.14. The Kier molecular flexibility index (Phi) is 6.48. The molecule has 0 radical (unpaired) electrons. The number of nitrogens with zero attached hydrogens (tertiary/aromatic N) is 1. The van der Waals surface area contributed by atoms with Crippen LogP contribution < -0.4 is 20.9 Å². The molecule has 0 aromatic heterocycles. The van der Waals surface area contributed by atoms with Gasteiger partial charge in [0.05, 0.1) is 13.3 Å². The minimum atomic E-state index is -0.275. The lowest BCUT2D eigenvalue weighted by molar-refractivity contribution is -0.127. The molecule has 2 aliphatic heterocycles. The van der Waals surface area contributed by atoms with Gasteiger partial charge in [-0.25, -0.2) is 15.2 Å². The number of likely N-dealkylation sites (tertiary alicyclic amines) is 1. The molecule has 2 atom stereocenters. The van der Waals surface area contributed by atoms with Crippen molar-refractivity contribution in [2.24, 2.45) is 5.92 Å². The predicted octanol–water partition coefficient (Wildman–Crippen LogP) is 2.37. The van der Waals surface area contributed by atoms with Crippen LogP contribution >= 0.6 is 0 Å². The Morgan fingerprint density at radius 2 is 1.84 bits per heavy atom. The first-order valence-corrected chi connectivity index (χ1v) is 10.5. The topological polar surface area (TPSA) is 82.7 Å². The molecule has 164 valence electrons. The number of carbonyl (C=O) groups excluding carboxylic acids is 2. The Balaban J connectivity index is 1.25. The molecule has 4 rings (SSSR count). The number of nitrogens with one attached hydrogen (secondary N) is 3. The molecule has 2 aromatic carbocycles. The van der Waals surface area contributed by atoms with Crippen molar-refractivity contribution in [2.75, 3.05) is 20.2 Å². The van der Waals surface area contributed by atoms with Gasteiger partial charge >= 0.3 is 0 Å². The van der Waals surface area contributed by atoms with Crippen molar-refractivity contribution in [1.29, 1.82) is 0 Å². The maximum atomic E-state index is 13.5. The van der Waals surface area contributed by atoms with E-state index in [4.69, 9.17) is 4.74 Å². The lowest BCUT2D eigenvalue weighted by atomic mass is 9.95. The van der Waals surface area contributed by atoms with Crippen LogP contribution in [0.15, 0.2) is 48.5 Å². The molecule has 0 saturated carbocycles. The van der Waals surface area contributed by atoms with Crippen molar-refractivity contribution in [2.45, 2.75) is 31.5 Å². The van der Waals surface area contributed by atoms with Gasteiger partial charge in [-0.1, -0.05) is 12.1 Å². The molecule has 2 unspecified atom stereocenters. The van der Waals surface area contributed by atoms with E-state index in [9.17, 15) is 14.0 Å². The van der Waals surface area contributed by atoms with E-state index in [0.717, 1.165) is 5.56 Å². The number of amides is 2. The first kappa shape index (κ1) is 21.3. The summed E-state index contributed by atoms with van der Waals surface area (Å²) in [6.07, 6.45) is 1.66. The van der Waals surface area contributed by atoms with Crippen LogP contribution in [0.25, 0.3) is 0 Å². The zero-order chi connectivity index (χ0) is 21.8. The number of halogens is 1. The van der Waals surface area contributed by atoms with E-state index in [1.807, 2.05) is 6.07 Å². The van der Waals surface area contributed by atoms with Gasteiger partial charge < -0.3 is 15.0 Å². The number of rotatable bonds is 5. The molecule has 0 aliphatic carbocycles. The SMILES string of the molecule is COc1ccc(C(=O)N2CCC(C(=O)NC3CC(c4cccc(F)c4)NN3)CC2)cc1. The molecule has 2 saturated heterocycles. The fourth-order valence-electron chi connectivity index (χ4n) is 4.14. The summed E-state index contributed by atoms with van der Waals surface area (Å²) >= 11 is 0. The number of hydrogen-bond donors (Lipinski definition) is 3. The maximum absolute atomic E-state index is 13.5. The quantitative estimate of drug-likeness (QED) is 0.684. The summed E-state index contributed by atoms with van der Waals surface area (Å²) in [6, 6.07) is 13.4. The zero-order valence-electron chi connectivity index (χ0n) is 17.4. The van der Waals surface area contributed by atoms with Crippen molar-refractivity contribution in [3.63, 3.8) is 0 Å². The summed E-state index contributed by atoms with van der Waals surface area (Å²) in [6.45, 7) is 1.09. The number of methoxy groups -OCH3 is 1. The molecule has 3 N–H and O–H groups in total. The van der Waals surface area contributed by atoms with E-state index >= 15 is 0 Å². The highest BCUT2D eigenvalue weighted by Crippen LogP contribution is 2.24. The fraction of sp³-hybridized carbons (Fsp3) is 0.391. The summed E-state index contributed by atoms with van der Waals surface area (Å²) in [5.41, 5.74) is 7.65. The van der Waals surface area contributed by atoms with E-state index in [0.29, 0.717) is 43.7 Å². The van der Waals surface area contributed by atoms with Crippen molar-refractivity contribution in [3.8, 4) is 5.75 Å². The van der Waals surface area contributed by atoms with Crippen molar-refractivity contribution in [1.82, 2.24) is 21.1 Å². The van der Waals surface area contributed by atoms with Crippen LogP contribution in [0.3, 0.4) is 0 Å². The second-order valence-electron chi connectivity index (χ2n) is 7.99. The molecule has 7 nitrogen and oxygen atoms in total. The molecule has 0 bridgehead atoms. The molecular formula is C23H27FN4O3. The van der Waals surface area contributed by atoms with E-state index in [2.05, 4.69) is 16.2 Å². The molecule has 2 amide bonds. The zero-order valence-corrected chi connectivity index (χ0v) is 17.4. The monoisotopic (exact) mass is 426 g/mol. The van der Waals surface area contributed by atoms with Crippen LogP contribution in [0.5, 0.6) is 5.75 Å². The Bertz CT molecular complexity index is 929. The number of hydrogen-bond acceptors (Lipinski definition) is 5. The van der Waals surface area contributed by atoms with E-state index in [1.165, 1.54) is 12.1 Å². The highest BCUT2D eigenvalue weighted by Gasteiger charge is 2.31. The first-order chi connectivity index (χ1) is 15.0. The van der Waals surface area contributed by atoms with Crippen molar-refractivity contribution in [3.05, 3.63) is 65.5 Å². The molecule has 2 aromatic rings. The normalized spacial score (nSPS) is 21.7. The predicted molar refractivity (Wildman–Crippen MR) is 114 cm³/mol. The summed E-state index contributed by atoms with van der Waals surface area (Å²) in [7, 11) is 1.59. The van der Waals surface area contributed by atoms with Gasteiger partial charge in [0.1, 0.15) is 11.6 Å². The van der Waals surface area contributed by atoms with Gasteiger partial charge in [-0.2, -0.15) is 0 Å². The van der Waals surface area contributed by atoms with Crippen LogP contribution in [-0.2, 0) is 4.79 Å². The van der Waals surface area contributed by atoms with Gasteiger partial charge in [0.15, 0.2) is 0 Å². The van der Waals surface area contributed by atoms with Gasteiger partial charge in [0, 0.05) is 37.0 Å². The van der Waals surface area contributed by atoms with Crippen LogP contribution in [0.2, 0.25) is 0 Å². The van der Waals surface area contributed by atoms with E-state index in [-0.39, 0.29) is 35.8 Å². The van der Waals surface area contributed by atoms with Gasteiger partial charge in [-0.05, 0) is 54.8 Å². The number of benzene rings is 2. The number of piperidine rings is 1. The molecular weight excluding hydrogens is 399 g/mol. The van der Waals surface area contributed by atoms with Crippen LogP contribution in [0.1, 0.15) is 41.2 Å². The van der Waals surface area contributed by atoms with Crippen LogP contribution in [0.4, 0.5) is 4.39 Å². The van der Waals surface area contributed by atoms with Crippen molar-refractivity contribution >= 4 is 11.8 Å². The molecule has 8 heteroatoms. The van der Waals surface area contributed by atoms with Gasteiger partial charge in [-0.15, -0.1) is 0 Å². The van der Waals surface area contributed by atoms with Crippen molar-refractivity contribution < 1.29 is 18.7 Å². The van der Waals surface area contributed by atoms with Gasteiger partial charge in [0.2, 0.25) is 5.91 Å². The second kappa shape index (κ2) is 9.45. The summed E-state index contributed by atoms with van der Waals surface area (Å²) in [4.78, 5) is 27.2. The largest absolute Gasteiger partial charge is 0.497 e. The average molecular weight is 426 g/mol. The highest BCUT2D eigenvalue weighted by atomic mass is 19.1. The number of carbonyl (C=O) groups is 2. The van der Waals surface area contributed by atoms with E-state index < -0.39 is 0 Å². The van der Waals surface area contributed by atoms with Crippen LogP contribution in [-0.4, -0.2) is 43.1 Å². The number of hydrazine groups is 1. The first-order valence-electron chi connectivity index (χ1n) is 10.5. The third-order valence-corrected chi connectivity index (χ3v) is 5.96. The standard InChI is InChI=1S/C23H27FN4O3/c1-31-19-7-5-16(6-8-19)23(30)28-11-9-15(10-12-28)22(29)25-21-14-20(26-27-21)17-3-2-4-18(24)13-17/h2-8,13,15,20-21,26-27H,9-12,14H2,1H3,(H,25,29). The molecule has 31 heavy (non-hydrogen) atoms. The Hall–Kier alpha value is -2.97.